The van der Waals surface area contributed by atoms with E-state index in [0.717, 1.165) is 74.8 Å². The summed E-state index contributed by atoms with van der Waals surface area (Å²) in [6.45, 7) is 9.43. The number of hydrogen-bond acceptors (Lipinski definition) is 3. The molecule has 1 aromatic carbocycles. The number of aryl methyl sites for hydroxylation is 1. The molecule has 0 aliphatic carbocycles. The summed E-state index contributed by atoms with van der Waals surface area (Å²) in [5, 5.41) is 10.5. The number of aromatic hydroxyl groups is 1. The number of hydrogen-bond donors (Lipinski definition) is 1. The van der Waals surface area contributed by atoms with E-state index in [0.29, 0.717) is 5.75 Å². The third-order valence-corrected chi connectivity index (χ3v) is 9.67. The molecule has 0 amide bonds. The van der Waals surface area contributed by atoms with Crippen LogP contribution in [-0.2, 0) is 12.8 Å². The maximum absolute atomic E-state index is 16.1. The van der Waals surface area contributed by atoms with Crippen LogP contribution in [0.3, 0.4) is 0 Å². The van der Waals surface area contributed by atoms with Crippen molar-refractivity contribution < 1.29 is 18.6 Å². The molecule has 6 rings (SSSR count). The van der Waals surface area contributed by atoms with Gasteiger partial charge in [-0.2, -0.15) is 0 Å². The highest BCUT2D eigenvalue weighted by Gasteiger charge is 2.44. The van der Waals surface area contributed by atoms with E-state index in [1.54, 1.807) is 22.6 Å². The Morgan fingerprint density at radius 2 is 1.97 bits per heavy atom. The van der Waals surface area contributed by atoms with Crippen molar-refractivity contribution in [2.45, 2.75) is 66.3 Å². The minimum Gasteiger partial charge on any atom is -0.507 e. The molecule has 0 fully saturated rings. The number of ether oxygens (including phenoxy) is 1. The Hall–Kier alpha value is -3.32. The first-order valence-electron chi connectivity index (χ1n) is 13.4. The van der Waals surface area contributed by atoms with Gasteiger partial charge in [-0.25, -0.2) is 0 Å². The van der Waals surface area contributed by atoms with Crippen LogP contribution in [0.5, 0.6) is 11.5 Å². The highest BCUT2D eigenvalue weighted by Crippen LogP contribution is 2.44. The molecule has 3 aliphatic rings. The van der Waals surface area contributed by atoms with Crippen molar-refractivity contribution in [2.75, 3.05) is 0 Å². The van der Waals surface area contributed by atoms with E-state index >= 15 is 4.32 Å². The first kappa shape index (κ1) is 25.0. The molecule has 0 spiro atoms. The summed E-state index contributed by atoms with van der Waals surface area (Å²) in [6.07, 6.45) is 14.5. The second-order valence-electron chi connectivity index (χ2n) is 11.4. The molecule has 4 nitrogen and oxygen atoms in total. The molecular formula is C31H34BFN2O2S. The Morgan fingerprint density at radius 3 is 2.76 bits per heavy atom. The van der Waals surface area contributed by atoms with E-state index in [4.69, 9.17) is 4.74 Å². The number of phenols is 1. The average molecular weight is 529 g/mol. The quantitative estimate of drug-likeness (QED) is 0.359. The fraction of sp³-hybridized carbons (Fsp3) is 0.323. The largest absolute Gasteiger partial charge is 0.545 e. The van der Waals surface area contributed by atoms with Crippen LogP contribution < -0.4 is 4.74 Å². The molecule has 0 radical (unpaired) electrons. The van der Waals surface area contributed by atoms with Gasteiger partial charge >= 0.3 is 6.69 Å². The lowest BCUT2D eigenvalue weighted by atomic mass is 9.69. The highest BCUT2D eigenvalue weighted by molar-refractivity contribution is 7.12. The van der Waals surface area contributed by atoms with E-state index < -0.39 is 6.69 Å². The Morgan fingerprint density at radius 1 is 1.18 bits per heavy atom. The number of fused-ring (bicyclic) bond motifs is 3. The molecule has 3 aromatic rings. The lowest BCUT2D eigenvalue weighted by Gasteiger charge is -2.37. The molecule has 1 N–H and O–H groups in total. The number of thiophene rings is 1. The second-order valence-corrected chi connectivity index (χ2v) is 12.6. The topological polar surface area (TPSA) is 37.4 Å². The second kappa shape index (κ2) is 8.60. The summed E-state index contributed by atoms with van der Waals surface area (Å²) < 4.78 is 26.3. The molecule has 3 aliphatic heterocycles. The van der Waals surface area contributed by atoms with Crippen LogP contribution in [-0.4, -0.2) is 32.6 Å². The number of rotatable bonds is 4. The summed E-state index contributed by atoms with van der Waals surface area (Å²) in [7, 11) is 0. The molecule has 2 aromatic heterocycles. The number of benzene rings is 1. The van der Waals surface area contributed by atoms with E-state index in [1.165, 1.54) is 4.88 Å². The number of aromatic nitrogens is 1. The predicted octanol–water partition coefficient (Wildman–Crippen LogP) is 7.38. The fourth-order valence-electron chi connectivity index (χ4n) is 6.29. The molecule has 0 saturated carbocycles. The summed E-state index contributed by atoms with van der Waals surface area (Å²) in [4.78, 5) is 2.40. The van der Waals surface area contributed by atoms with Crippen LogP contribution in [0.4, 0.5) is 4.32 Å². The first-order valence-corrected chi connectivity index (χ1v) is 14.2. The van der Waals surface area contributed by atoms with E-state index in [9.17, 15) is 5.11 Å². The predicted molar refractivity (Wildman–Crippen MR) is 157 cm³/mol. The van der Waals surface area contributed by atoms with Crippen LogP contribution in [0.15, 0.2) is 36.0 Å². The molecule has 1 unspecified atom stereocenters. The Bertz CT molecular complexity index is 1620. The lowest BCUT2D eigenvalue weighted by Crippen LogP contribution is -2.50. The Balaban J connectivity index is 1.24. The number of nitrogens with zero attached hydrogens (tertiary/aromatic N) is 2. The van der Waals surface area contributed by atoms with Gasteiger partial charge in [0.05, 0.1) is 0 Å². The fourth-order valence-corrected chi connectivity index (χ4v) is 7.38. The monoisotopic (exact) mass is 528 g/mol. The average Bonchev–Trinajstić information content (AvgIpc) is 3.60. The molecule has 5 heterocycles. The van der Waals surface area contributed by atoms with Gasteiger partial charge in [0.15, 0.2) is 5.70 Å². The van der Waals surface area contributed by atoms with Crippen molar-refractivity contribution in [1.82, 2.24) is 4.48 Å². The van der Waals surface area contributed by atoms with Gasteiger partial charge in [-0.1, -0.05) is 6.82 Å². The maximum Gasteiger partial charge on any atom is 0.545 e. The van der Waals surface area contributed by atoms with Gasteiger partial charge in [-0.3, -0.25) is 0 Å². The van der Waals surface area contributed by atoms with Gasteiger partial charge < -0.3 is 23.1 Å². The molecular weight excluding hydrogens is 494 g/mol. The Labute approximate surface area is 228 Å². The number of halogens is 1. The summed E-state index contributed by atoms with van der Waals surface area (Å²) in [5.74, 6) is 1.33. The lowest BCUT2D eigenvalue weighted by molar-refractivity contribution is -0.340. The molecule has 0 saturated heterocycles. The van der Waals surface area contributed by atoms with Gasteiger partial charge in [0.1, 0.15) is 23.3 Å². The number of allylic oxidation sites excluding steroid dienone is 2. The van der Waals surface area contributed by atoms with Gasteiger partial charge in [0.25, 0.3) is 0 Å². The minimum absolute atomic E-state index is 0.306. The van der Waals surface area contributed by atoms with E-state index in [-0.39, 0.29) is 5.60 Å². The standard InChI is InChI=1S/C31H34BFN2O2S/c1-19-16-24(35-28(19)17-23-8-7-15-34(23)32(35,6)33)9-10-25-11-12-26(38-25)18-31(5)14-13-27-22(4)29(36)20(2)21(3)30(27)37-31/h7-12,15-17,36H,13-14,18H2,1-6H3/b10-9+/t31-,32?/m0/s1. The zero-order valence-corrected chi connectivity index (χ0v) is 23.7. The summed E-state index contributed by atoms with van der Waals surface area (Å²) in [6, 6.07) is 6.38. The zero-order valence-electron chi connectivity index (χ0n) is 22.9. The molecule has 38 heavy (non-hydrogen) atoms. The van der Waals surface area contributed by atoms with Crippen molar-refractivity contribution in [3.63, 3.8) is 0 Å². The SMILES string of the molecule is Cc1cc(/C=C/c2ccc(C[C@]3(C)CCc4c(C)c(O)c(C)c(C)c4O3)s2)n2c1C=C1C=CC=[N+]1[B-]2(C)F. The van der Waals surface area contributed by atoms with Crippen molar-refractivity contribution in [2.24, 2.45) is 0 Å². The normalized spacial score (nSPS) is 23.7. The van der Waals surface area contributed by atoms with Crippen molar-refractivity contribution in [3.8, 4) is 11.5 Å². The van der Waals surface area contributed by atoms with Crippen LogP contribution in [0, 0.1) is 27.7 Å². The summed E-state index contributed by atoms with van der Waals surface area (Å²) >= 11 is 1.75. The molecule has 196 valence electrons. The van der Waals surface area contributed by atoms with Crippen molar-refractivity contribution in [1.29, 1.82) is 0 Å². The van der Waals surface area contributed by atoms with Gasteiger partial charge in [-0.15, -0.1) is 11.3 Å². The van der Waals surface area contributed by atoms with E-state index in [2.05, 4.69) is 37.3 Å². The van der Waals surface area contributed by atoms with Crippen LogP contribution >= 0.6 is 11.3 Å². The molecule has 7 heteroatoms. The third-order valence-electron chi connectivity index (χ3n) is 8.62. The number of phenolic OH excluding ortho intramolecular Hbond substituents is 1. The molecule has 0 bridgehead atoms. The van der Waals surface area contributed by atoms with Gasteiger partial charge in [0.2, 0.25) is 0 Å². The van der Waals surface area contributed by atoms with Gasteiger partial charge in [-0.05, 0) is 100 Å². The van der Waals surface area contributed by atoms with Crippen LogP contribution in [0.1, 0.15) is 62.3 Å². The van der Waals surface area contributed by atoms with Gasteiger partial charge in [0, 0.05) is 51.4 Å². The first-order chi connectivity index (χ1) is 18.0. The molecule has 2 atom stereocenters. The van der Waals surface area contributed by atoms with E-state index in [1.807, 2.05) is 56.6 Å². The maximum atomic E-state index is 16.1. The minimum atomic E-state index is -2.45. The van der Waals surface area contributed by atoms with Crippen LogP contribution in [0.2, 0.25) is 6.82 Å². The smallest absolute Gasteiger partial charge is 0.507 e. The third kappa shape index (κ3) is 3.82. The van der Waals surface area contributed by atoms with Crippen LogP contribution in [0.25, 0.3) is 18.2 Å². The van der Waals surface area contributed by atoms with Crippen molar-refractivity contribution in [3.05, 3.63) is 85.0 Å². The Kier molecular flexibility index (Phi) is 5.66. The summed E-state index contributed by atoms with van der Waals surface area (Å²) in [5.41, 5.74) is 7.48. The van der Waals surface area contributed by atoms with Crippen molar-refractivity contribution >= 4 is 42.5 Å². The highest BCUT2D eigenvalue weighted by atomic mass is 32.1. The zero-order chi connectivity index (χ0) is 27.0.